The summed E-state index contributed by atoms with van der Waals surface area (Å²) in [4.78, 5) is 10.8. The molecule has 2 atom stereocenters. The molecule has 7 heteroatoms. The van der Waals surface area contributed by atoms with Crippen molar-refractivity contribution in [1.82, 2.24) is 19.9 Å². The van der Waals surface area contributed by atoms with E-state index >= 15 is 0 Å². The number of hydrogen-bond acceptors (Lipinski definition) is 4. The van der Waals surface area contributed by atoms with Crippen molar-refractivity contribution in [3.05, 3.63) is 108 Å². The Hall–Kier alpha value is -3.71. The zero-order chi connectivity index (χ0) is 21.2. The van der Waals surface area contributed by atoms with Crippen LogP contribution in [0.4, 0.5) is 5.69 Å². The Kier molecular flexibility index (Phi) is 5.09. The molecule has 2 N–H and O–H groups in total. The van der Waals surface area contributed by atoms with Crippen LogP contribution < -0.4 is 10.2 Å². The van der Waals surface area contributed by atoms with Gasteiger partial charge in [-0.2, -0.15) is 0 Å². The van der Waals surface area contributed by atoms with E-state index < -0.39 is 0 Å². The lowest BCUT2D eigenvalue weighted by molar-refractivity contribution is 0.471. The molecule has 0 spiro atoms. The summed E-state index contributed by atoms with van der Waals surface area (Å²) >= 11 is 5.74. The van der Waals surface area contributed by atoms with Crippen LogP contribution >= 0.6 is 12.2 Å². The lowest BCUT2D eigenvalue weighted by Crippen LogP contribution is -2.30. The molecule has 1 aromatic carbocycles. The van der Waals surface area contributed by atoms with Crippen molar-refractivity contribution in [1.29, 1.82) is 0 Å². The molecule has 1 aliphatic rings. The Morgan fingerprint density at radius 2 is 1.84 bits per heavy atom. The van der Waals surface area contributed by atoms with Crippen molar-refractivity contribution >= 4 is 23.0 Å². The summed E-state index contributed by atoms with van der Waals surface area (Å²) in [6, 6.07) is 20.9. The first-order chi connectivity index (χ1) is 15.2. The molecular weight excluding hydrogens is 406 g/mol. The summed E-state index contributed by atoms with van der Waals surface area (Å²) in [5.74, 6) is 0.184. The zero-order valence-corrected chi connectivity index (χ0v) is 17.5. The number of benzene rings is 1. The van der Waals surface area contributed by atoms with Gasteiger partial charge < -0.3 is 19.9 Å². The summed E-state index contributed by atoms with van der Waals surface area (Å²) in [6.07, 6.45) is 7.49. The highest BCUT2D eigenvalue weighted by Crippen LogP contribution is 2.44. The number of rotatable bonds is 5. The first-order valence-corrected chi connectivity index (χ1v) is 10.5. The Balaban J connectivity index is 1.62. The Morgan fingerprint density at radius 3 is 2.61 bits per heavy atom. The molecule has 0 saturated carbocycles. The number of para-hydroxylation sites is 2. The molecule has 0 radical (unpaired) electrons. The maximum Gasteiger partial charge on any atom is 0.174 e. The average molecular weight is 428 g/mol. The van der Waals surface area contributed by atoms with Gasteiger partial charge in [-0.05, 0) is 60.2 Å². The highest BCUT2D eigenvalue weighted by molar-refractivity contribution is 7.80. The normalized spacial score (nSPS) is 18.2. The van der Waals surface area contributed by atoms with Crippen molar-refractivity contribution in [2.45, 2.75) is 18.6 Å². The second-order valence-corrected chi connectivity index (χ2v) is 7.79. The first-order valence-electron chi connectivity index (χ1n) is 10.0. The van der Waals surface area contributed by atoms with Gasteiger partial charge in [-0.15, -0.1) is 0 Å². The van der Waals surface area contributed by atoms with Crippen molar-refractivity contribution in [3.63, 3.8) is 0 Å². The minimum atomic E-state index is -0.192. The third-order valence-corrected chi connectivity index (χ3v) is 5.80. The van der Waals surface area contributed by atoms with E-state index in [1.54, 1.807) is 18.5 Å². The van der Waals surface area contributed by atoms with Gasteiger partial charge in [0.15, 0.2) is 5.11 Å². The lowest BCUT2D eigenvalue weighted by atomic mass is 10.0. The van der Waals surface area contributed by atoms with Gasteiger partial charge in [0, 0.05) is 37.0 Å². The smallest absolute Gasteiger partial charge is 0.174 e. The molecule has 0 amide bonds. The molecule has 6 nitrogen and oxygen atoms in total. The molecule has 4 aromatic rings. The maximum absolute atomic E-state index is 10.6. The van der Waals surface area contributed by atoms with Crippen molar-refractivity contribution in [3.8, 4) is 5.75 Å². The van der Waals surface area contributed by atoms with E-state index in [-0.39, 0.29) is 17.8 Å². The minimum Gasteiger partial charge on any atom is -0.506 e. The van der Waals surface area contributed by atoms with Crippen molar-refractivity contribution in [2.24, 2.45) is 0 Å². The molecule has 0 bridgehead atoms. The predicted molar refractivity (Wildman–Crippen MR) is 124 cm³/mol. The van der Waals surface area contributed by atoms with Gasteiger partial charge >= 0.3 is 0 Å². The number of pyridine rings is 2. The summed E-state index contributed by atoms with van der Waals surface area (Å²) in [5, 5.41) is 14.6. The van der Waals surface area contributed by atoms with Gasteiger partial charge in [-0.3, -0.25) is 9.97 Å². The first kappa shape index (κ1) is 19.3. The summed E-state index contributed by atoms with van der Waals surface area (Å²) in [5.41, 5.74) is 3.73. The van der Waals surface area contributed by atoms with Crippen LogP contribution in [-0.2, 0) is 6.54 Å². The van der Waals surface area contributed by atoms with E-state index in [1.165, 1.54) is 0 Å². The Labute approximate surface area is 185 Å². The second kappa shape index (κ2) is 8.20. The van der Waals surface area contributed by atoms with Gasteiger partial charge in [0.2, 0.25) is 0 Å². The summed E-state index contributed by atoms with van der Waals surface area (Å²) < 4.78 is 2.19. The van der Waals surface area contributed by atoms with Gasteiger partial charge in [0.05, 0.1) is 17.4 Å². The fourth-order valence-electron chi connectivity index (χ4n) is 4.11. The highest BCUT2D eigenvalue weighted by Gasteiger charge is 2.42. The number of hydrogen-bond donors (Lipinski definition) is 2. The third-order valence-electron chi connectivity index (χ3n) is 5.48. The summed E-state index contributed by atoms with van der Waals surface area (Å²) in [6.45, 7) is 0.684. The molecule has 3 aromatic heterocycles. The Morgan fingerprint density at radius 1 is 0.968 bits per heavy atom. The van der Waals surface area contributed by atoms with Gasteiger partial charge in [0.25, 0.3) is 0 Å². The largest absolute Gasteiger partial charge is 0.506 e. The van der Waals surface area contributed by atoms with E-state index in [9.17, 15) is 5.11 Å². The van der Waals surface area contributed by atoms with Crippen LogP contribution in [0.15, 0.2) is 91.5 Å². The SMILES string of the molecule is Oc1ccccc1N1C(=S)N[C@H](c2ccccn2)[C@@H]1c1cccn1Cc1cccnc1. The molecule has 4 heterocycles. The summed E-state index contributed by atoms with van der Waals surface area (Å²) in [7, 11) is 0. The predicted octanol–water partition coefficient (Wildman–Crippen LogP) is 4.21. The number of thiocarbonyl (C=S) groups is 1. The molecule has 0 aliphatic carbocycles. The number of phenols is 1. The fourth-order valence-corrected chi connectivity index (χ4v) is 4.45. The molecule has 5 rings (SSSR count). The standard InChI is InChI=1S/C24H21N5OS/c30-21-11-2-1-9-19(21)29-23(22(27-24(29)31)18-8-3-4-13-26-18)20-10-6-14-28(20)16-17-7-5-12-25-15-17/h1-15,22-23,30H,16H2,(H,27,31)/t22-,23+/m1/s1. The van der Waals surface area contributed by atoms with Crippen LogP contribution in [0.1, 0.15) is 29.0 Å². The molecule has 1 aliphatic heterocycles. The van der Waals surface area contributed by atoms with E-state index in [0.29, 0.717) is 17.3 Å². The van der Waals surface area contributed by atoms with Crippen LogP contribution in [0.3, 0.4) is 0 Å². The van der Waals surface area contributed by atoms with E-state index in [0.717, 1.165) is 17.0 Å². The average Bonchev–Trinajstić information content (AvgIpc) is 3.39. The van der Waals surface area contributed by atoms with E-state index in [1.807, 2.05) is 59.6 Å². The molecule has 1 saturated heterocycles. The number of aromatic nitrogens is 3. The topological polar surface area (TPSA) is 66.2 Å². The van der Waals surface area contributed by atoms with E-state index in [4.69, 9.17) is 12.2 Å². The maximum atomic E-state index is 10.6. The molecule has 1 fully saturated rings. The molecule has 0 unspecified atom stereocenters. The third kappa shape index (κ3) is 3.64. The minimum absolute atomic E-state index is 0.171. The zero-order valence-electron chi connectivity index (χ0n) is 16.7. The van der Waals surface area contributed by atoms with E-state index in [2.05, 4.69) is 38.2 Å². The van der Waals surface area contributed by atoms with Gasteiger partial charge in [-0.1, -0.05) is 24.3 Å². The highest BCUT2D eigenvalue weighted by atomic mass is 32.1. The number of anilines is 1. The van der Waals surface area contributed by atoms with Crippen LogP contribution in [-0.4, -0.2) is 24.8 Å². The quantitative estimate of drug-likeness (QED) is 0.465. The molecule has 154 valence electrons. The van der Waals surface area contributed by atoms with Crippen molar-refractivity contribution < 1.29 is 5.11 Å². The molecule has 31 heavy (non-hydrogen) atoms. The number of aromatic hydroxyl groups is 1. The van der Waals surface area contributed by atoms with Gasteiger partial charge in [0.1, 0.15) is 11.8 Å². The fraction of sp³-hybridized carbons (Fsp3) is 0.125. The second-order valence-electron chi connectivity index (χ2n) is 7.41. The van der Waals surface area contributed by atoms with Gasteiger partial charge in [-0.25, -0.2) is 0 Å². The number of nitrogens with one attached hydrogen (secondary N) is 1. The monoisotopic (exact) mass is 427 g/mol. The van der Waals surface area contributed by atoms with Crippen LogP contribution in [0.2, 0.25) is 0 Å². The molecular formula is C24H21N5OS. The van der Waals surface area contributed by atoms with Crippen LogP contribution in [0, 0.1) is 0 Å². The number of phenolic OH excluding ortho intramolecular Hbond substituents is 1. The number of nitrogens with zero attached hydrogens (tertiary/aromatic N) is 4. The Bertz CT molecular complexity index is 1190. The van der Waals surface area contributed by atoms with Crippen LogP contribution in [0.5, 0.6) is 5.75 Å². The van der Waals surface area contributed by atoms with Crippen LogP contribution in [0.25, 0.3) is 0 Å². The van der Waals surface area contributed by atoms with Crippen molar-refractivity contribution in [2.75, 3.05) is 4.90 Å². The lowest BCUT2D eigenvalue weighted by Gasteiger charge is -2.29.